The van der Waals surface area contributed by atoms with Crippen LogP contribution in [0.5, 0.6) is 5.75 Å². The van der Waals surface area contributed by atoms with E-state index >= 15 is 0 Å². The van der Waals surface area contributed by atoms with Gasteiger partial charge in [-0.25, -0.2) is 0 Å². The molecule has 2 rings (SSSR count). The van der Waals surface area contributed by atoms with Crippen LogP contribution in [-0.2, 0) is 0 Å². The van der Waals surface area contributed by atoms with E-state index < -0.39 is 0 Å². The van der Waals surface area contributed by atoms with Gasteiger partial charge >= 0.3 is 0 Å². The van der Waals surface area contributed by atoms with Gasteiger partial charge in [0.1, 0.15) is 11.9 Å². The Hall–Kier alpha value is 0.140. The lowest BCUT2D eigenvalue weighted by molar-refractivity contribution is 0.192. The van der Waals surface area contributed by atoms with Gasteiger partial charge in [0.15, 0.2) is 0 Å². The molecule has 1 aromatic rings. The van der Waals surface area contributed by atoms with Crippen molar-refractivity contribution in [3.05, 3.63) is 27.2 Å². The maximum atomic E-state index is 6.11. The number of ether oxygens (including phenoxy) is 1. The summed E-state index contributed by atoms with van der Waals surface area (Å²) in [6, 6.07) is 3.93. The van der Waals surface area contributed by atoms with Gasteiger partial charge in [-0.15, -0.1) is 0 Å². The maximum absolute atomic E-state index is 6.11. The van der Waals surface area contributed by atoms with E-state index in [1.165, 1.54) is 11.5 Å². The van der Waals surface area contributed by atoms with Gasteiger partial charge in [-0.3, -0.25) is 0 Å². The van der Waals surface area contributed by atoms with Crippen LogP contribution in [0.25, 0.3) is 0 Å². The molecule has 88 valence electrons. The lowest BCUT2D eigenvalue weighted by atomic mass is 10.2. The SMILES string of the molecule is Cc1cc(OC2CCSCC2)cc(Cl)c1Br. The monoisotopic (exact) mass is 320 g/mol. The lowest BCUT2D eigenvalue weighted by Crippen LogP contribution is -2.22. The Kier molecular flexibility index (Phi) is 4.45. The van der Waals surface area contributed by atoms with E-state index in [9.17, 15) is 0 Å². The molecule has 0 spiro atoms. The van der Waals surface area contributed by atoms with Crippen molar-refractivity contribution in [3.8, 4) is 5.75 Å². The molecule has 0 N–H and O–H groups in total. The molecule has 0 amide bonds. The van der Waals surface area contributed by atoms with Crippen molar-refractivity contribution in [3.63, 3.8) is 0 Å². The molecule has 0 radical (unpaired) electrons. The van der Waals surface area contributed by atoms with E-state index in [2.05, 4.69) is 15.9 Å². The van der Waals surface area contributed by atoms with Crippen LogP contribution < -0.4 is 4.74 Å². The summed E-state index contributed by atoms with van der Waals surface area (Å²) in [5, 5.41) is 0.722. The molecule has 0 bridgehead atoms. The minimum absolute atomic E-state index is 0.359. The number of rotatable bonds is 2. The average molecular weight is 322 g/mol. The standard InChI is InChI=1S/C12H14BrClOS/c1-8-6-10(7-11(14)12(8)13)15-9-2-4-16-5-3-9/h6-7,9H,2-5H2,1H3. The van der Waals surface area contributed by atoms with Crippen LogP contribution in [0, 0.1) is 6.92 Å². The second-order valence-corrected chi connectivity index (χ2v) is 6.39. The Morgan fingerprint density at radius 2 is 2.06 bits per heavy atom. The fraction of sp³-hybridized carbons (Fsp3) is 0.500. The number of hydrogen-bond donors (Lipinski definition) is 0. The zero-order chi connectivity index (χ0) is 11.5. The first kappa shape index (κ1) is 12.6. The largest absolute Gasteiger partial charge is 0.490 e. The predicted octanol–water partition coefficient (Wildman–Crippen LogP) is 4.69. The molecule has 0 aliphatic carbocycles. The van der Waals surface area contributed by atoms with E-state index in [0.717, 1.165) is 33.6 Å². The molecule has 1 saturated heterocycles. The molecule has 1 aliphatic rings. The third kappa shape index (κ3) is 3.08. The summed E-state index contributed by atoms with van der Waals surface area (Å²) in [6.07, 6.45) is 2.63. The first-order chi connectivity index (χ1) is 7.66. The summed E-state index contributed by atoms with van der Waals surface area (Å²) in [7, 11) is 0. The topological polar surface area (TPSA) is 9.23 Å². The summed E-state index contributed by atoms with van der Waals surface area (Å²) in [4.78, 5) is 0. The fourth-order valence-electron chi connectivity index (χ4n) is 1.75. The van der Waals surface area contributed by atoms with Gasteiger partial charge in [-0.05, 0) is 64.9 Å². The van der Waals surface area contributed by atoms with Crippen LogP contribution in [0.3, 0.4) is 0 Å². The highest BCUT2D eigenvalue weighted by atomic mass is 79.9. The van der Waals surface area contributed by atoms with Crippen LogP contribution in [0.4, 0.5) is 0 Å². The Balaban J connectivity index is 2.09. The molecule has 1 fully saturated rings. The molecule has 4 heteroatoms. The maximum Gasteiger partial charge on any atom is 0.121 e. The minimum Gasteiger partial charge on any atom is -0.490 e. The van der Waals surface area contributed by atoms with Crippen molar-refractivity contribution in [1.29, 1.82) is 0 Å². The molecular weight excluding hydrogens is 308 g/mol. The second-order valence-electron chi connectivity index (χ2n) is 3.97. The van der Waals surface area contributed by atoms with Crippen molar-refractivity contribution in [1.82, 2.24) is 0 Å². The van der Waals surface area contributed by atoms with Crippen molar-refractivity contribution in [2.75, 3.05) is 11.5 Å². The Morgan fingerprint density at radius 1 is 1.38 bits per heavy atom. The quantitative estimate of drug-likeness (QED) is 0.782. The van der Waals surface area contributed by atoms with E-state index in [4.69, 9.17) is 16.3 Å². The fourth-order valence-corrected chi connectivity index (χ4v) is 3.30. The smallest absolute Gasteiger partial charge is 0.121 e. The van der Waals surface area contributed by atoms with E-state index in [1.54, 1.807) is 0 Å². The van der Waals surface area contributed by atoms with Crippen LogP contribution in [0.2, 0.25) is 5.02 Å². The van der Waals surface area contributed by atoms with Crippen molar-refractivity contribution in [2.45, 2.75) is 25.9 Å². The molecule has 0 atom stereocenters. The molecule has 0 saturated carbocycles. The van der Waals surface area contributed by atoms with E-state index in [0.29, 0.717) is 6.10 Å². The first-order valence-electron chi connectivity index (χ1n) is 5.37. The number of halogens is 2. The Bertz CT molecular complexity index is 354. The third-order valence-electron chi connectivity index (χ3n) is 2.65. The van der Waals surface area contributed by atoms with Gasteiger partial charge < -0.3 is 4.74 Å². The third-order valence-corrected chi connectivity index (χ3v) is 5.28. The predicted molar refractivity (Wildman–Crippen MR) is 74.9 cm³/mol. The van der Waals surface area contributed by atoms with E-state index in [-0.39, 0.29) is 0 Å². The van der Waals surface area contributed by atoms with Crippen molar-refractivity contribution < 1.29 is 4.74 Å². The first-order valence-corrected chi connectivity index (χ1v) is 7.69. The zero-order valence-corrected chi connectivity index (χ0v) is 12.3. The van der Waals surface area contributed by atoms with Crippen molar-refractivity contribution in [2.24, 2.45) is 0 Å². The summed E-state index contributed by atoms with van der Waals surface area (Å²) >= 11 is 11.6. The second kappa shape index (κ2) is 5.65. The average Bonchev–Trinajstić information content (AvgIpc) is 2.27. The molecule has 1 nitrogen and oxygen atoms in total. The summed E-state index contributed by atoms with van der Waals surface area (Å²) < 4.78 is 6.91. The Morgan fingerprint density at radius 3 is 2.69 bits per heavy atom. The van der Waals surface area contributed by atoms with Gasteiger partial charge in [0.25, 0.3) is 0 Å². The van der Waals surface area contributed by atoms with Gasteiger partial charge in [0, 0.05) is 4.47 Å². The normalized spacial score (nSPS) is 17.4. The highest BCUT2D eigenvalue weighted by Crippen LogP contribution is 2.32. The number of hydrogen-bond acceptors (Lipinski definition) is 2. The summed E-state index contributed by atoms with van der Waals surface area (Å²) in [6.45, 7) is 2.03. The summed E-state index contributed by atoms with van der Waals surface area (Å²) in [5.41, 5.74) is 1.12. The highest BCUT2D eigenvalue weighted by Gasteiger charge is 2.16. The van der Waals surface area contributed by atoms with Crippen molar-refractivity contribution >= 4 is 39.3 Å². The Labute approximate surface area is 114 Å². The molecular formula is C12H14BrClOS. The highest BCUT2D eigenvalue weighted by molar-refractivity contribution is 9.10. The van der Waals surface area contributed by atoms with Crippen LogP contribution >= 0.6 is 39.3 Å². The molecule has 0 unspecified atom stereocenters. The summed E-state index contributed by atoms with van der Waals surface area (Å²) in [5.74, 6) is 3.30. The molecule has 0 aromatic heterocycles. The van der Waals surface area contributed by atoms with E-state index in [1.807, 2.05) is 30.8 Å². The van der Waals surface area contributed by atoms with Crippen LogP contribution in [-0.4, -0.2) is 17.6 Å². The molecule has 1 heterocycles. The minimum atomic E-state index is 0.359. The molecule has 1 aliphatic heterocycles. The number of thioether (sulfide) groups is 1. The van der Waals surface area contributed by atoms with Crippen LogP contribution in [0.1, 0.15) is 18.4 Å². The zero-order valence-electron chi connectivity index (χ0n) is 9.13. The van der Waals surface area contributed by atoms with Crippen LogP contribution in [0.15, 0.2) is 16.6 Å². The molecule has 16 heavy (non-hydrogen) atoms. The number of aryl methyl sites for hydroxylation is 1. The lowest BCUT2D eigenvalue weighted by Gasteiger charge is -2.23. The number of benzene rings is 1. The van der Waals surface area contributed by atoms with Gasteiger partial charge in [0.2, 0.25) is 0 Å². The van der Waals surface area contributed by atoms with Gasteiger partial charge in [-0.1, -0.05) is 11.6 Å². The van der Waals surface area contributed by atoms with Gasteiger partial charge in [0.05, 0.1) is 5.02 Å². The van der Waals surface area contributed by atoms with Gasteiger partial charge in [-0.2, -0.15) is 11.8 Å². The molecule has 1 aromatic carbocycles.